The molecule has 112 valence electrons. The molecule has 22 heavy (non-hydrogen) atoms. The van der Waals surface area contributed by atoms with E-state index in [4.69, 9.17) is 11.6 Å². The molecule has 6 heteroatoms. The highest BCUT2D eigenvalue weighted by atomic mass is 79.9. The lowest BCUT2D eigenvalue weighted by atomic mass is 10.00. The zero-order valence-electron chi connectivity index (χ0n) is 11.5. The molecule has 1 unspecified atom stereocenters. The maximum atomic E-state index is 14.2. The second-order valence-electron chi connectivity index (χ2n) is 4.91. The standard InChI is InChI=1S/C16H11BrClFN2O/c1-8-16(22)21-12-7-6-10(17)14(18)13(12)15(20-8)9-4-2-3-5-11(9)19/h2-8H,1H3,(H,21,22). The van der Waals surface area contributed by atoms with Crippen LogP contribution in [0, 0.1) is 5.82 Å². The van der Waals surface area contributed by atoms with Crippen molar-refractivity contribution in [3.8, 4) is 0 Å². The molecular weight excluding hydrogens is 371 g/mol. The van der Waals surface area contributed by atoms with Crippen LogP contribution in [0.4, 0.5) is 10.1 Å². The average Bonchev–Trinajstić information content (AvgIpc) is 2.61. The van der Waals surface area contributed by atoms with Crippen molar-refractivity contribution in [2.24, 2.45) is 4.99 Å². The molecule has 0 bridgehead atoms. The van der Waals surface area contributed by atoms with Gasteiger partial charge in [0.2, 0.25) is 5.91 Å². The summed E-state index contributed by atoms with van der Waals surface area (Å²) in [6.07, 6.45) is 0. The lowest BCUT2D eigenvalue weighted by Gasteiger charge is -2.13. The van der Waals surface area contributed by atoms with Crippen LogP contribution in [0.5, 0.6) is 0 Å². The fourth-order valence-corrected chi connectivity index (χ4v) is 2.88. The molecule has 3 rings (SSSR count). The number of aliphatic imine (C=N–C) groups is 1. The van der Waals surface area contributed by atoms with Crippen LogP contribution in [-0.4, -0.2) is 17.7 Å². The predicted molar refractivity (Wildman–Crippen MR) is 89.3 cm³/mol. The van der Waals surface area contributed by atoms with Gasteiger partial charge in [-0.1, -0.05) is 23.7 Å². The van der Waals surface area contributed by atoms with E-state index in [9.17, 15) is 9.18 Å². The van der Waals surface area contributed by atoms with Gasteiger partial charge in [-0.3, -0.25) is 9.79 Å². The normalized spacial score (nSPS) is 17.4. The van der Waals surface area contributed by atoms with Crippen LogP contribution in [0.1, 0.15) is 18.1 Å². The van der Waals surface area contributed by atoms with E-state index in [0.29, 0.717) is 32.0 Å². The number of benzene rings is 2. The van der Waals surface area contributed by atoms with Crippen LogP contribution in [0.25, 0.3) is 0 Å². The molecule has 1 heterocycles. The Kier molecular flexibility index (Phi) is 4.02. The molecule has 1 aliphatic heterocycles. The second-order valence-corrected chi connectivity index (χ2v) is 6.14. The first-order valence-corrected chi connectivity index (χ1v) is 7.78. The van der Waals surface area contributed by atoms with Crippen molar-refractivity contribution in [3.05, 3.63) is 62.8 Å². The van der Waals surface area contributed by atoms with Crippen LogP contribution in [0.3, 0.4) is 0 Å². The van der Waals surface area contributed by atoms with E-state index in [2.05, 4.69) is 26.2 Å². The number of hydrogen-bond donors (Lipinski definition) is 1. The first-order chi connectivity index (χ1) is 10.5. The fraction of sp³-hybridized carbons (Fsp3) is 0.125. The zero-order chi connectivity index (χ0) is 15.9. The first-order valence-electron chi connectivity index (χ1n) is 6.61. The number of halogens is 3. The van der Waals surface area contributed by atoms with Crippen molar-refractivity contribution in [1.29, 1.82) is 0 Å². The van der Waals surface area contributed by atoms with Crippen LogP contribution in [0.15, 0.2) is 45.9 Å². The summed E-state index contributed by atoms with van der Waals surface area (Å²) in [5, 5.41) is 3.16. The van der Waals surface area contributed by atoms with Gasteiger partial charge >= 0.3 is 0 Å². The molecule has 0 aromatic heterocycles. The summed E-state index contributed by atoms with van der Waals surface area (Å²) in [6, 6.07) is 9.11. The van der Waals surface area contributed by atoms with Gasteiger partial charge in [0.05, 0.1) is 16.4 Å². The number of hydrogen-bond acceptors (Lipinski definition) is 2. The Balaban J connectivity index is 2.33. The topological polar surface area (TPSA) is 41.5 Å². The minimum absolute atomic E-state index is 0.258. The molecule has 2 aromatic rings. The highest BCUT2D eigenvalue weighted by Crippen LogP contribution is 2.35. The fourth-order valence-electron chi connectivity index (χ4n) is 2.30. The summed E-state index contributed by atoms with van der Waals surface area (Å²) in [4.78, 5) is 16.5. The Morgan fingerprint density at radius 3 is 2.73 bits per heavy atom. The van der Waals surface area contributed by atoms with Gasteiger partial charge in [-0.2, -0.15) is 0 Å². The Hall–Kier alpha value is -1.72. The molecule has 1 atom stereocenters. The lowest BCUT2D eigenvalue weighted by molar-refractivity contribution is -0.116. The maximum absolute atomic E-state index is 14.2. The Labute approximate surface area is 140 Å². The molecule has 2 aromatic carbocycles. The van der Waals surface area contributed by atoms with Crippen molar-refractivity contribution < 1.29 is 9.18 Å². The van der Waals surface area contributed by atoms with Crippen molar-refractivity contribution in [1.82, 2.24) is 0 Å². The van der Waals surface area contributed by atoms with Gasteiger partial charge in [0.1, 0.15) is 11.9 Å². The van der Waals surface area contributed by atoms with Gasteiger partial charge < -0.3 is 5.32 Å². The van der Waals surface area contributed by atoms with E-state index in [-0.39, 0.29) is 5.91 Å². The van der Waals surface area contributed by atoms with Gasteiger partial charge in [0, 0.05) is 15.6 Å². The van der Waals surface area contributed by atoms with Crippen LogP contribution < -0.4 is 5.32 Å². The molecule has 0 spiro atoms. The van der Waals surface area contributed by atoms with Gasteiger partial charge in [-0.25, -0.2) is 4.39 Å². The third kappa shape index (κ3) is 2.55. The SMILES string of the molecule is CC1N=C(c2ccccc2F)c2c(ccc(Br)c2Cl)NC1=O. The molecule has 1 amide bonds. The molecular formula is C16H11BrClFN2O. The number of fused-ring (bicyclic) bond motifs is 1. The van der Waals surface area contributed by atoms with Crippen molar-refractivity contribution in [3.63, 3.8) is 0 Å². The molecule has 3 nitrogen and oxygen atoms in total. The van der Waals surface area contributed by atoms with E-state index in [1.165, 1.54) is 6.07 Å². The molecule has 0 saturated carbocycles. The number of carbonyl (C=O) groups excluding carboxylic acids is 1. The lowest BCUT2D eigenvalue weighted by Crippen LogP contribution is -2.22. The largest absolute Gasteiger partial charge is 0.324 e. The Bertz CT molecular complexity index is 807. The van der Waals surface area contributed by atoms with E-state index in [1.54, 1.807) is 37.3 Å². The number of amides is 1. The van der Waals surface area contributed by atoms with Crippen molar-refractivity contribution in [2.45, 2.75) is 13.0 Å². The number of nitrogens with zero attached hydrogens (tertiary/aromatic N) is 1. The Morgan fingerprint density at radius 1 is 1.27 bits per heavy atom. The summed E-state index contributed by atoms with van der Waals surface area (Å²) in [5.41, 5.74) is 1.71. The number of nitrogens with one attached hydrogen (secondary N) is 1. The van der Waals surface area contributed by atoms with Crippen LogP contribution in [0.2, 0.25) is 5.02 Å². The second kappa shape index (κ2) is 5.82. The predicted octanol–water partition coefficient (Wildman–Crippen LogP) is 4.42. The van der Waals surface area contributed by atoms with E-state index in [1.807, 2.05) is 0 Å². The van der Waals surface area contributed by atoms with Gasteiger partial charge in [0.25, 0.3) is 0 Å². The van der Waals surface area contributed by atoms with Crippen LogP contribution >= 0.6 is 27.5 Å². The summed E-state index contributed by atoms with van der Waals surface area (Å²) in [7, 11) is 0. The number of carbonyl (C=O) groups is 1. The maximum Gasteiger partial charge on any atom is 0.248 e. The minimum Gasteiger partial charge on any atom is -0.324 e. The smallest absolute Gasteiger partial charge is 0.248 e. The van der Waals surface area contributed by atoms with Gasteiger partial charge in [0.15, 0.2) is 0 Å². The molecule has 0 fully saturated rings. The van der Waals surface area contributed by atoms with Crippen LogP contribution in [-0.2, 0) is 4.79 Å². The van der Waals surface area contributed by atoms with E-state index >= 15 is 0 Å². The van der Waals surface area contributed by atoms with E-state index < -0.39 is 11.9 Å². The minimum atomic E-state index is -0.642. The van der Waals surface area contributed by atoms with Gasteiger partial charge in [-0.05, 0) is 47.1 Å². The highest BCUT2D eigenvalue weighted by molar-refractivity contribution is 9.10. The van der Waals surface area contributed by atoms with Crippen molar-refractivity contribution in [2.75, 3.05) is 5.32 Å². The number of rotatable bonds is 1. The zero-order valence-corrected chi connectivity index (χ0v) is 13.9. The summed E-state index contributed by atoms with van der Waals surface area (Å²) >= 11 is 9.73. The highest BCUT2D eigenvalue weighted by Gasteiger charge is 2.26. The third-order valence-electron chi connectivity index (χ3n) is 3.42. The molecule has 0 saturated heterocycles. The molecule has 0 radical (unpaired) electrons. The van der Waals surface area contributed by atoms with Gasteiger partial charge in [-0.15, -0.1) is 0 Å². The number of anilines is 1. The summed E-state index contributed by atoms with van der Waals surface area (Å²) < 4.78 is 14.9. The molecule has 1 N–H and O–H groups in total. The molecule has 1 aliphatic rings. The van der Waals surface area contributed by atoms with E-state index in [0.717, 1.165) is 0 Å². The summed E-state index contributed by atoms with van der Waals surface area (Å²) in [5.74, 6) is -0.671. The van der Waals surface area contributed by atoms with Crippen molar-refractivity contribution >= 4 is 44.8 Å². The summed E-state index contributed by atoms with van der Waals surface area (Å²) in [6.45, 7) is 1.66. The third-order valence-corrected chi connectivity index (χ3v) is 4.70. The average molecular weight is 382 g/mol. The quantitative estimate of drug-likeness (QED) is 0.780. The monoisotopic (exact) mass is 380 g/mol. The number of benzodiazepines with no additional fused rings is 1. The Morgan fingerprint density at radius 2 is 2.00 bits per heavy atom. The molecule has 0 aliphatic carbocycles. The first kappa shape index (κ1) is 15.2.